The highest BCUT2D eigenvalue weighted by molar-refractivity contribution is 6.43. The molecule has 0 saturated carbocycles. The molecular weight excluding hydrogens is 533 g/mol. The van der Waals surface area contributed by atoms with Crippen molar-refractivity contribution < 1.29 is 33.5 Å². The second kappa shape index (κ2) is 12.1. The number of aliphatic hydroxyl groups is 1. The molecule has 3 aliphatic rings. The molecule has 0 bridgehead atoms. The van der Waals surface area contributed by atoms with E-state index in [0.29, 0.717) is 30.8 Å². The molecule has 4 atom stereocenters. The number of carbonyl (C=O) groups excluding carboxylic acids is 2. The minimum atomic E-state index is -1.05. The van der Waals surface area contributed by atoms with Gasteiger partial charge in [0.15, 0.2) is 0 Å². The Morgan fingerprint density at radius 1 is 1.02 bits per heavy atom. The molecule has 2 amide bonds. The highest BCUT2D eigenvalue weighted by atomic mass is 16.5. The van der Waals surface area contributed by atoms with Crippen LogP contribution in [-0.2, 0) is 20.9 Å². The summed E-state index contributed by atoms with van der Waals surface area (Å²) in [6.07, 6.45) is 3.32. The molecule has 3 aromatic rings. The third-order valence-corrected chi connectivity index (χ3v) is 8.66. The first-order valence-corrected chi connectivity index (χ1v) is 14.4. The number of benzene rings is 2. The van der Waals surface area contributed by atoms with Gasteiger partial charge in [0.2, 0.25) is 11.8 Å². The first-order chi connectivity index (χ1) is 20.4. The van der Waals surface area contributed by atoms with Crippen molar-refractivity contribution >= 4 is 30.6 Å². The molecule has 2 N–H and O–H groups in total. The summed E-state index contributed by atoms with van der Waals surface area (Å²) in [5.41, 5.74) is 3.97. The highest BCUT2D eigenvalue weighted by Crippen LogP contribution is 2.50. The van der Waals surface area contributed by atoms with E-state index in [0.717, 1.165) is 28.0 Å². The molecule has 0 spiro atoms. The summed E-state index contributed by atoms with van der Waals surface area (Å²) in [7, 11) is 0.498. The number of hydrogen-bond donors (Lipinski definition) is 2. The van der Waals surface area contributed by atoms with Crippen molar-refractivity contribution in [3.05, 3.63) is 101 Å². The van der Waals surface area contributed by atoms with Crippen LogP contribution in [0.3, 0.4) is 0 Å². The van der Waals surface area contributed by atoms with Crippen molar-refractivity contribution in [1.82, 2.24) is 4.90 Å². The first kappa shape index (κ1) is 28.2. The van der Waals surface area contributed by atoms with Crippen LogP contribution < -0.4 is 4.74 Å². The Morgan fingerprint density at radius 3 is 2.48 bits per heavy atom. The molecule has 0 radical (unpaired) electrons. The largest absolute Gasteiger partial charge is 0.489 e. The van der Waals surface area contributed by atoms with Gasteiger partial charge in [-0.3, -0.25) is 14.5 Å². The van der Waals surface area contributed by atoms with Gasteiger partial charge in [0.05, 0.1) is 17.9 Å². The molecule has 2 aliphatic heterocycles. The zero-order chi connectivity index (χ0) is 29.2. The van der Waals surface area contributed by atoms with E-state index in [4.69, 9.17) is 13.8 Å². The van der Waals surface area contributed by atoms with Crippen LogP contribution in [-0.4, -0.2) is 53.7 Å². The molecule has 2 aromatic carbocycles. The number of ether oxygens (including phenoxy) is 1. The van der Waals surface area contributed by atoms with Gasteiger partial charge < -0.3 is 23.9 Å². The number of fused-ring (bicyclic) bond motifs is 3. The van der Waals surface area contributed by atoms with E-state index in [1.807, 2.05) is 72.8 Å². The summed E-state index contributed by atoms with van der Waals surface area (Å²) < 4.78 is 18.1. The number of para-hydroxylation sites is 1. The fourth-order valence-corrected chi connectivity index (χ4v) is 6.71. The van der Waals surface area contributed by atoms with Crippen LogP contribution in [0, 0.1) is 17.8 Å². The maximum atomic E-state index is 13.3. The van der Waals surface area contributed by atoms with Crippen molar-refractivity contribution in [2.24, 2.45) is 17.8 Å². The minimum Gasteiger partial charge on any atom is -0.489 e. The average Bonchev–Trinajstić information content (AvgIpc) is 3.56. The van der Waals surface area contributed by atoms with Crippen molar-refractivity contribution in [2.75, 3.05) is 13.7 Å². The quantitative estimate of drug-likeness (QED) is 0.221. The third-order valence-electron chi connectivity index (χ3n) is 8.66. The number of rotatable bonds is 9. The maximum absolute atomic E-state index is 13.3. The van der Waals surface area contributed by atoms with Crippen LogP contribution in [0.2, 0.25) is 6.32 Å². The number of allylic oxidation sites excluding steroid dienone is 1. The van der Waals surface area contributed by atoms with E-state index in [2.05, 4.69) is 0 Å². The SMILES string of the molecule is CN1C(=O)[C@@H]2[C@@H](CC(COc3ccccc3)=C3[C@@H](CC/C(=C/c4ccc(CO)o4)c4ccccc4)OB(O)C[C@@H]32)C1=O. The summed E-state index contributed by atoms with van der Waals surface area (Å²) in [6.45, 7) is 0.0994. The summed E-state index contributed by atoms with van der Waals surface area (Å²) in [6, 6.07) is 23.1. The molecule has 2 saturated heterocycles. The number of furan rings is 1. The molecule has 216 valence electrons. The van der Waals surface area contributed by atoms with Gasteiger partial charge in [0.25, 0.3) is 0 Å². The second-order valence-electron chi connectivity index (χ2n) is 11.2. The molecule has 3 heterocycles. The molecule has 42 heavy (non-hydrogen) atoms. The molecule has 8 nitrogen and oxygen atoms in total. The van der Waals surface area contributed by atoms with Gasteiger partial charge in [0, 0.05) is 7.05 Å². The number of likely N-dealkylation sites (tertiary alicyclic amines) is 1. The van der Waals surface area contributed by atoms with Gasteiger partial charge in [-0.25, -0.2) is 0 Å². The number of nitrogens with zero attached hydrogens (tertiary/aromatic N) is 1. The van der Waals surface area contributed by atoms with Crippen LogP contribution in [0.5, 0.6) is 5.75 Å². The van der Waals surface area contributed by atoms with Gasteiger partial charge in [-0.2, -0.15) is 0 Å². The number of imide groups is 1. The lowest BCUT2D eigenvalue weighted by Gasteiger charge is -2.43. The van der Waals surface area contributed by atoms with Crippen molar-refractivity contribution in [3.8, 4) is 5.75 Å². The molecule has 2 fully saturated rings. The topological polar surface area (TPSA) is 109 Å². The highest BCUT2D eigenvalue weighted by Gasteiger charge is 2.56. The first-order valence-electron chi connectivity index (χ1n) is 14.4. The zero-order valence-corrected chi connectivity index (χ0v) is 23.5. The average molecular weight is 567 g/mol. The smallest absolute Gasteiger partial charge is 0.455 e. The molecule has 1 aromatic heterocycles. The van der Waals surface area contributed by atoms with Gasteiger partial charge in [-0.05, 0) is 84.1 Å². The van der Waals surface area contributed by atoms with E-state index >= 15 is 0 Å². The monoisotopic (exact) mass is 567 g/mol. The summed E-state index contributed by atoms with van der Waals surface area (Å²) in [5.74, 6) is 0.197. The zero-order valence-electron chi connectivity index (χ0n) is 23.5. The lowest BCUT2D eigenvalue weighted by Crippen LogP contribution is -2.46. The predicted octanol–water partition coefficient (Wildman–Crippen LogP) is 4.60. The predicted molar refractivity (Wildman–Crippen MR) is 158 cm³/mol. The number of carbonyl (C=O) groups is 2. The molecule has 1 aliphatic carbocycles. The van der Waals surface area contributed by atoms with E-state index in [1.54, 1.807) is 13.1 Å². The number of hydrogen-bond acceptors (Lipinski definition) is 7. The fraction of sp³-hybridized carbons (Fsp3) is 0.333. The van der Waals surface area contributed by atoms with Crippen molar-refractivity contribution in [1.29, 1.82) is 0 Å². The van der Waals surface area contributed by atoms with Gasteiger partial charge in [0.1, 0.15) is 30.5 Å². The Bertz CT molecular complexity index is 1500. The minimum absolute atomic E-state index is 0.172. The lowest BCUT2D eigenvalue weighted by molar-refractivity contribution is -0.138. The third kappa shape index (κ3) is 5.60. The van der Waals surface area contributed by atoms with Crippen molar-refractivity contribution in [3.63, 3.8) is 0 Å². The Labute approximate surface area is 245 Å². The molecule has 6 rings (SSSR count). The number of amides is 2. The Kier molecular flexibility index (Phi) is 8.15. The second-order valence-corrected chi connectivity index (χ2v) is 11.2. The van der Waals surface area contributed by atoms with Crippen LogP contribution in [0.25, 0.3) is 11.6 Å². The van der Waals surface area contributed by atoms with Gasteiger partial charge in [-0.1, -0.05) is 48.5 Å². The fourth-order valence-electron chi connectivity index (χ4n) is 6.71. The molecule has 9 heteroatoms. The molecular formula is C33H34BNO7. The van der Waals surface area contributed by atoms with Crippen molar-refractivity contribution in [2.45, 2.75) is 38.3 Å². The standard InChI is InChI=1S/C33H34BNO7/c1-35-32(37)27-17-23(20-40-24-10-6-3-7-11-24)30-28(31(27)33(35)38)18-34(39)42-29(30)15-12-22(21-8-4-2-5-9-21)16-25-13-14-26(19-36)41-25/h2-11,13-14,16,27-29,31,36,39H,12,15,17-20H2,1H3/b22-16-/t27-,28+,29-,31-/m1/s1. The van der Waals surface area contributed by atoms with E-state index < -0.39 is 25.1 Å². The van der Waals surface area contributed by atoms with Crippen LogP contribution >= 0.6 is 0 Å². The summed E-state index contributed by atoms with van der Waals surface area (Å²) >= 11 is 0. The van der Waals surface area contributed by atoms with E-state index in [1.165, 1.54) is 4.90 Å². The van der Waals surface area contributed by atoms with Gasteiger partial charge in [-0.15, -0.1) is 0 Å². The Morgan fingerprint density at radius 2 is 1.76 bits per heavy atom. The van der Waals surface area contributed by atoms with Gasteiger partial charge >= 0.3 is 7.12 Å². The lowest BCUT2D eigenvalue weighted by atomic mass is 9.58. The maximum Gasteiger partial charge on any atom is 0.455 e. The van der Waals surface area contributed by atoms with Crippen LogP contribution in [0.15, 0.2) is 88.4 Å². The summed E-state index contributed by atoms with van der Waals surface area (Å²) in [4.78, 5) is 27.6. The van der Waals surface area contributed by atoms with E-state index in [-0.39, 0.29) is 37.3 Å². The molecule has 0 unspecified atom stereocenters. The van der Waals surface area contributed by atoms with Crippen LogP contribution in [0.1, 0.15) is 36.3 Å². The summed E-state index contributed by atoms with van der Waals surface area (Å²) in [5, 5.41) is 20.3. The normalized spacial score (nSPS) is 24.2. The van der Waals surface area contributed by atoms with Crippen LogP contribution in [0.4, 0.5) is 0 Å². The van der Waals surface area contributed by atoms with E-state index in [9.17, 15) is 19.7 Å². The Balaban J connectivity index is 1.33. The number of aliphatic hydroxyl groups excluding tert-OH is 1. The Hall–Kier alpha value is -3.92.